The second-order valence-corrected chi connectivity index (χ2v) is 2.63. The van der Waals surface area contributed by atoms with E-state index in [0.717, 1.165) is 0 Å². The van der Waals surface area contributed by atoms with Crippen molar-refractivity contribution in [3.63, 3.8) is 0 Å². The summed E-state index contributed by atoms with van der Waals surface area (Å²) in [7, 11) is 0. The lowest BCUT2D eigenvalue weighted by atomic mass is 10.3. The highest BCUT2D eigenvalue weighted by atomic mass is 35.5. The summed E-state index contributed by atoms with van der Waals surface area (Å²) in [6, 6.07) is 0. The molecule has 7 heteroatoms. The van der Waals surface area contributed by atoms with Crippen molar-refractivity contribution in [2.75, 3.05) is 0 Å². The number of hydrogen-bond acceptors (Lipinski definition) is 1. The highest BCUT2D eigenvalue weighted by molar-refractivity contribution is 6.25. The van der Waals surface area contributed by atoms with E-state index in [4.69, 9.17) is 11.6 Å². The summed E-state index contributed by atoms with van der Waals surface area (Å²) < 4.78 is 61.5. The summed E-state index contributed by atoms with van der Waals surface area (Å²) in [5.74, 6) is 0. The Morgan fingerprint density at radius 2 is 1.82 bits per heavy atom. The van der Waals surface area contributed by atoms with E-state index in [-0.39, 0.29) is 0 Å². The zero-order valence-electron chi connectivity index (χ0n) is 4.83. The molecule has 2 unspecified atom stereocenters. The summed E-state index contributed by atoms with van der Waals surface area (Å²) in [4.78, 5) is 0. The summed E-state index contributed by atoms with van der Waals surface area (Å²) >= 11 is 4.74. The van der Waals surface area contributed by atoms with Gasteiger partial charge in [-0.2, -0.15) is 13.2 Å². The van der Waals surface area contributed by atoms with E-state index < -0.39 is 23.8 Å². The first-order valence-electron chi connectivity index (χ1n) is 2.50. The molecule has 1 rings (SSSR count). The van der Waals surface area contributed by atoms with Gasteiger partial charge in [0.05, 0.1) is 0 Å². The molecule has 1 fully saturated rings. The Balaban J connectivity index is 2.60. The molecule has 0 N–H and O–H groups in total. The standard InChI is InChI=1S/C4H2ClF5O/c5-3(2(6)7)1(11-3)4(8,9)10/h1-2H. The van der Waals surface area contributed by atoms with E-state index >= 15 is 0 Å². The van der Waals surface area contributed by atoms with Crippen molar-refractivity contribution in [1.82, 2.24) is 0 Å². The van der Waals surface area contributed by atoms with Crippen LogP contribution in [0.15, 0.2) is 0 Å². The Morgan fingerprint density at radius 1 is 1.36 bits per heavy atom. The van der Waals surface area contributed by atoms with Gasteiger partial charge in [-0.3, -0.25) is 0 Å². The Morgan fingerprint density at radius 3 is 1.91 bits per heavy atom. The molecular formula is C4H2ClF5O. The Bertz CT molecular complexity index is 168. The number of rotatable bonds is 1. The zero-order valence-corrected chi connectivity index (χ0v) is 5.59. The van der Waals surface area contributed by atoms with Crippen molar-refractivity contribution >= 4 is 11.6 Å². The maximum atomic E-state index is 11.6. The topological polar surface area (TPSA) is 12.5 Å². The predicted molar refractivity (Wildman–Crippen MR) is 25.5 cm³/mol. The largest absolute Gasteiger partial charge is 0.419 e. The molecule has 1 aliphatic rings. The van der Waals surface area contributed by atoms with Crippen LogP contribution in [-0.2, 0) is 4.74 Å². The Hall–Kier alpha value is -0.100. The maximum absolute atomic E-state index is 11.6. The van der Waals surface area contributed by atoms with Gasteiger partial charge in [-0.05, 0) is 0 Å². The molecule has 1 aliphatic heterocycles. The Labute approximate surface area is 63.1 Å². The van der Waals surface area contributed by atoms with Gasteiger partial charge < -0.3 is 4.74 Å². The number of halogens is 6. The zero-order chi connectivity index (χ0) is 8.86. The smallest absolute Gasteiger partial charge is 0.334 e. The van der Waals surface area contributed by atoms with Crippen LogP contribution in [0.3, 0.4) is 0 Å². The van der Waals surface area contributed by atoms with Gasteiger partial charge in [-0.25, -0.2) is 8.78 Å². The molecule has 0 saturated carbocycles. The van der Waals surface area contributed by atoms with Crippen LogP contribution in [-0.4, -0.2) is 23.8 Å². The molecule has 1 heterocycles. The summed E-state index contributed by atoms with van der Waals surface area (Å²) in [5.41, 5.74) is 0. The van der Waals surface area contributed by atoms with Gasteiger partial charge in [0, 0.05) is 0 Å². The monoisotopic (exact) mass is 196 g/mol. The normalized spacial score (nSPS) is 37.9. The predicted octanol–water partition coefficient (Wildman–Crippen LogP) is 2.15. The van der Waals surface area contributed by atoms with Gasteiger partial charge >= 0.3 is 6.18 Å². The molecule has 0 radical (unpaired) electrons. The van der Waals surface area contributed by atoms with Crippen molar-refractivity contribution in [3.05, 3.63) is 0 Å². The van der Waals surface area contributed by atoms with Crippen LogP contribution >= 0.6 is 11.6 Å². The highest BCUT2D eigenvalue weighted by Gasteiger charge is 2.73. The molecule has 66 valence electrons. The van der Waals surface area contributed by atoms with E-state index in [9.17, 15) is 22.0 Å². The minimum atomic E-state index is -4.81. The van der Waals surface area contributed by atoms with Crippen LogP contribution in [0.2, 0.25) is 0 Å². The minimum Gasteiger partial charge on any atom is -0.334 e. The second-order valence-electron chi connectivity index (χ2n) is 2.04. The summed E-state index contributed by atoms with van der Waals surface area (Å²) in [5, 5.41) is -2.84. The molecular weight excluding hydrogens is 194 g/mol. The molecule has 1 nitrogen and oxygen atoms in total. The van der Waals surface area contributed by atoms with Crippen LogP contribution in [0.5, 0.6) is 0 Å². The van der Waals surface area contributed by atoms with E-state index in [1.807, 2.05) is 0 Å². The average molecular weight is 197 g/mol. The number of ether oxygens (including phenoxy) is 1. The van der Waals surface area contributed by atoms with Crippen molar-refractivity contribution in [2.45, 2.75) is 23.8 Å². The van der Waals surface area contributed by atoms with Gasteiger partial charge in [0.2, 0.25) is 11.2 Å². The molecule has 0 aromatic heterocycles. The first-order valence-corrected chi connectivity index (χ1v) is 2.88. The Kier molecular flexibility index (Phi) is 1.79. The third-order valence-electron chi connectivity index (χ3n) is 1.19. The average Bonchev–Trinajstić information content (AvgIpc) is 2.41. The van der Waals surface area contributed by atoms with Crippen LogP contribution < -0.4 is 0 Å². The number of hydrogen-bond donors (Lipinski definition) is 0. The fourth-order valence-electron chi connectivity index (χ4n) is 0.602. The van der Waals surface area contributed by atoms with E-state index in [1.54, 1.807) is 0 Å². The first-order chi connectivity index (χ1) is 4.78. The molecule has 0 aromatic carbocycles. The quantitative estimate of drug-likeness (QED) is 0.356. The molecule has 0 bridgehead atoms. The molecule has 2 atom stereocenters. The molecule has 11 heavy (non-hydrogen) atoms. The lowest BCUT2D eigenvalue weighted by Crippen LogP contribution is -2.27. The van der Waals surface area contributed by atoms with Gasteiger partial charge in [0.15, 0.2) is 0 Å². The fourth-order valence-corrected chi connectivity index (χ4v) is 0.815. The maximum Gasteiger partial charge on any atom is 0.419 e. The lowest BCUT2D eigenvalue weighted by molar-refractivity contribution is -0.147. The molecule has 0 spiro atoms. The third-order valence-corrected chi connectivity index (χ3v) is 1.65. The van der Waals surface area contributed by atoms with E-state index in [1.165, 1.54) is 0 Å². The van der Waals surface area contributed by atoms with Gasteiger partial charge in [-0.15, -0.1) is 0 Å². The van der Waals surface area contributed by atoms with Crippen molar-refractivity contribution in [1.29, 1.82) is 0 Å². The first kappa shape index (κ1) is 8.99. The van der Waals surface area contributed by atoms with Crippen LogP contribution in [0.25, 0.3) is 0 Å². The lowest BCUT2D eigenvalue weighted by Gasteiger charge is -2.03. The number of alkyl halides is 6. The molecule has 1 saturated heterocycles. The van der Waals surface area contributed by atoms with Gasteiger partial charge in [-0.1, -0.05) is 11.6 Å². The van der Waals surface area contributed by atoms with E-state index in [2.05, 4.69) is 4.74 Å². The molecule has 0 amide bonds. The summed E-state index contributed by atoms with van der Waals surface area (Å²) in [6.07, 6.45) is -10.7. The molecule has 0 aliphatic carbocycles. The minimum absolute atomic E-state index is 2.53. The highest BCUT2D eigenvalue weighted by Crippen LogP contribution is 2.52. The van der Waals surface area contributed by atoms with E-state index in [0.29, 0.717) is 0 Å². The van der Waals surface area contributed by atoms with Crippen LogP contribution in [0.4, 0.5) is 22.0 Å². The van der Waals surface area contributed by atoms with Crippen molar-refractivity contribution in [2.24, 2.45) is 0 Å². The van der Waals surface area contributed by atoms with Crippen LogP contribution in [0, 0.1) is 0 Å². The van der Waals surface area contributed by atoms with Gasteiger partial charge in [0.1, 0.15) is 0 Å². The van der Waals surface area contributed by atoms with Crippen molar-refractivity contribution in [3.8, 4) is 0 Å². The second kappa shape index (κ2) is 2.20. The van der Waals surface area contributed by atoms with Gasteiger partial charge in [0.25, 0.3) is 6.43 Å². The molecule has 0 aromatic rings. The van der Waals surface area contributed by atoms with Crippen LogP contribution in [0.1, 0.15) is 0 Å². The van der Waals surface area contributed by atoms with Crippen molar-refractivity contribution < 1.29 is 26.7 Å². The summed E-state index contributed by atoms with van der Waals surface area (Å²) in [6.45, 7) is 0. The third kappa shape index (κ3) is 1.41. The number of epoxide rings is 1. The SMILES string of the molecule is FC(F)C1(Cl)OC1C(F)(F)F. The fraction of sp³-hybridized carbons (Fsp3) is 1.00.